The molecule has 1 N–H and O–H groups in total. The van der Waals surface area contributed by atoms with Crippen molar-refractivity contribution in [3.63, 3.8) is 0 Å². The van der Waals surface area contributed by atoms with Gasteiger partial charge in [0.25, 0.3) is 5.91 Å². The molecule has 2 amide bonds. The number of rotatable bonds is 9. The van der Waals surface area contributed by atoms with Gasteiger partial charge in [-0.3, -0.25) is 9.59 Å². The summed E-state index contributed by atoms with van der Waals surface area (Å²) in [5, 5.41) is 2.80. The van der Waals surface area contributed by atoms with Crippen LogP contribution in [-0.2, 0) is 16.1 Å². The van der Waals surface area contributed by atoms with Gasteiger partial charge in [-0.15, -0.1) is 0 Å². The van der Waals surface area contributed by atoms with Crippen molar-refractivity contribution >= 4 is 27.7 Å². The fourth-order valence-corrected chi connectivity index (χ4v) is 2.81. The van der Waals surface area contributed by atoms with Gasteiger partial charge in [0.15, 0.2) is 18.2 Å². The Labute approximate surface area is 173 Å². The predicted molar refractivity (Wildman–Crippen MR) is 109 cm³/mol. The molecule has 0 aliphatic carbocycles. The smallest absolute Gasteiger partial charge is 0.261 e. The Morgan fingerprint density at radius 2 is 1.86 bits per heavy atom. The number of nitrogens with zero attached hydrogens (tertiary/aromatic N) is 1. The third kappa shape index (κ3) is 6.34. The molecule has 1 atom stereocenters. The first-order valence-corrected chi connectivity index (χ1v) is 9.90. The monoisotopic (exact) mass is 450 g/mol. The number of nitrogens with one attached hydrogen (secondary N) is 1. The van der Waals surface area contributed by atoms with E-state index in [1.54, 1.807) is 19.1 Å². The van der Waals surface area contributed by atoms with E-state index >= 15 is 0 Å². The Bertz CT molecular complexity index is 798. The minimum atomic E-state index is -0.688. The van der Waals surface area contributed by atoms with E-state index in [4.69, 9.17) is 4.74 Å². The third-order valence-corrected chi connectivity index (χ3v) is 4.70. The number of halogens is 2. The van der Waals surface area contributed by atoms with Crippen molar-refractivity contribution in [3.05, 3.63) is 64.4 Å². The summed E-state index contributed by atoms with van der Waals surface area (Å²) in [7, 11) is 0. The zero-order valence-electron chi connectivity index (χ0n) is 16.0. The molecule has 5 nitrogen and oxygen atoms in total. The van der Waals surface area contributed by atoms with Crippen molar-refractivity contribution in [2.75, 3.05) is 13.2 Å². The van der Waals surface area contributed by atoms with E-state index in [0.29, 0.717) is 6.54 Å². The maximum atomic E-state index is 13.7. The van der Waals surface area contributed by atoms with Crippen LogP contribution < -0.4 is 10.1 Å². The van der Waals surface area contributed by atoms with E-state index in [9.17, 15) is 14.0 Å². The second-order valence-electron chi connectivity index (χ2n) is 6.33. The van der Waals surface area contributed by atoms with Crippen molar-refractivity contribution in [1.82, 2.24) is 10.2 Å². The number of carbonyl (C=O) groups excluding carboxylic acids is 2. The Morgan fingerprint density at radius 3 is 2.50 bits per heavy atom. The van der Waals surface area contributed by atoms with E-state index in [1.165, 1.54) is 17.0 Å². The topological polar surface area (TPSA) is 58.6 Å². The van der Waals surface area contributed by atoms with Crippen LogP contribution in [0.5, 0.6) is 5.75 Å². The van der Waals surface area contributed by atoms with Crippen LogP contribution in [0.25, 0.3) is 0 Å². The molecule has 28 heavy (non-hydrogen) atoms. The number of benzene rings is 2. The lowest BCUT2D eigenvalue weighted by atomic mass is 10.1. The highest BCUT2D eigenvalue weighted by Crippen LogP contribution is 2.17. The number of ether oxygens (including phenoxy) is 1. The van der Waals surface area contributed by atoms with Crippen LogP contribution >= 0.6 is 15.9 Å². The Balaban J connectivity index is 2.13. The summed E-state index contributed by atoms with van der Waals surface area (Å²) >= 11 is 3.38. The van der Waals surface area contributed by atoms with Crippen LogP contribution in [0.4, 0.5) is 4.39 Å². The second-order valence-corrected chi connectivity index (χ2v) is 7.25. The molecule has 0 saturated carbocycles. The minimum Gasteiger partial charge on any atom is -0.481 e. The average Bonchev–Trinajstić information content (AvgIpc) is 2.70. The van der Waals surface area contributed by atoms with Gasteiger partial charge in [0, 0.05) is 17.6 Å². The van der Waals surface area contributed by atoms with Crippen molar-refractivity contribution in [1.29, 1.82) is 0 Å². The van der Waals surface area contributed by atoms with Crippen molar-refractivity contribution in [3.8, 4) is 5.75 Å². The van der Waals surface area contributed by atoms with Gasteiger partial charge >= 0.3 is 0 Å². The maximum Gasteiger partial charge on any atom is 0.261 e. The van der Waals surface area contributed by atoms with Gasteiger partial charge in [-0.2, -0.15) is 0 Å². The SMILES string of the molecule is CCCNC(=O)[C@@H](C)N(Cc1ccc(Br)cc1)C(=O)COc1ccccc1F. The van der Waals surface area contributed by atoms with Gasteiger partial charge in [-0.1, -0.05) is 47.1 Å². The van der Waals surface area contributed by atoms with E-state index in [2.05, 4.69) is 21.2 Å². The Morgan fingerprint density at radius 1 is 1.18 bits per heavy atom. The summed E-state index contributed by atoms with van der Waals surface area (Å²) in [5.41, 5.74) is 0.873. The quantitative estimate of drug-likeness (QED) is 0.629. The minimum absolute atomic E-state index is 0.00234. The highest BCUT2D eigenvalue weighted by molar-refractivity contribution is 9.10. The van der Waals surface area contributed by atoms with Crippen LogP contribution in [0, 0.1) is 5.82 Å². The molecule has 0 aliphatic heterocycles. The van der Waals surface area contributed by atoms with Crippen LogP contribution in [-0.4, -0.2) is 35.9 Å². The van der Waals surface area contributed by atoms with Crippen LogP contribution in [0.15, 0.2) is 53.0 Å². The summed E-state index contributed by atoms with van der Waals surface area (Å²) in [6.45, 7) is 4.05. The zero-order valence-corrected chi connectivity index (χ0v) is 17.5. The van der Waals surface area contributed by atoms with Gasteiger partial charge in [-0.05, 0) is 43.2 Å². The standard InChI is InChI=1S/C21H24BrFN2O3/c1-3-12-24-21(27)15(2)25(13-16-8-10-17(22)11-9-16)20(26)14-28-19-7-5-4-6-18(19)23/h4-11,15H,3,12-14H2,1-2H3,(H,24,27)/t15-/m1/s1. The average molecular weight is 451 g/mol. The van der Waals surface area contributed by atoms with E-state index in [1.807, 2.05) is 31.2 Å². The van der Waals surface area contributed by atoms with E-state index < -0.39 is 17.8 Å². The first-order valence-electron chi connectivity index (χ1n) is 9.11. The number of hydrogen-bond acceptors (Lipinski definition) is 3. The van der Waals surface area contributed by atoms with E-state index in [-0.39, 0.29) is 24.8 Å². The fraction of sp³-hybridized carbons (Fsp3) is 0.333. The lowest BCUT2D eigenvalue weighted by Gasteiger charge is -2.28. The van der Waals surface area contributed by atoms with Gasteiger partial charge in [0.05, 0.1) is 0 Å². The van der Waals surface area contributed by atoms with Crippen molar-refractivity contribution in [2.24, 2.45) is 0 Å². The summed E-state index contributed by atoms with van der Waals surface area (Å²) in [5.74, 6) is -1.17. The summed E-state index contributed by atoms with van der Waals surface area (Å²) in [6.07, 6.45) is 0.801. The van der Waals surface area contributed by atoms with Crippen LogP contribution in [0.2, 0.25) is 0 Å². The number of para-hydroxylation sites is 1. The molecule has 0 saturated heterocycles. The molecule has 0 bridgehead atoms. The molecule has 150 valence electrons. The molecule has 7 heteroatoms. The molecule has 2 aromatic rings. The Hall–Kier alpha value is -2.41. The van der Waals surface area contributed by atoms with Gasteiger partial charge in [0.2, 0.25) is 5.91 Å². The normalized spacial score (nSPS) is 11.6. The van der Waals surface area contributed by atoms with Crippen LogP contribution in [0.1, 0.15) is 25.8 Å². The number of hydrogen-bond donors (Lipinski definition) is 1. The Kier molecular flexibility index (Phi) is 8.44. The molecule has 0 fully saturated rings. The maximum absolute atomic E-state index is 13.7. The van der Waals surface area contributed by atoms with E-state index in [0.717, 1.165) is 16.5 Å². The van der Waals surface area contributed by atoms with Gasteiger partial charge in [-0.25, -0.2) is 4.39 Å². The number of carbonyl (C=O) groups is 2. The molecular weight excluding hydrogens is 427 g/mol. The summed E-state index contributed by atoms with van der Waals surface area (Å²) < 4.78 is 20.0. The highest BCUT2D eigenvalue weighted by atomic mass is 79.9. The lowest BCUT2D eigenvalue weighted by molar-refractivity contribution is -0.142. The molecule has 0 aromatic heterocycles. The zero-order chi connectivity index (χ0) is 20.5. The molecular formula is C21H24BrFN2O3. The van der Waals surface area contributed by atoms with Crippen molar-refractivity contribution < 1.29 is 18.7 Å². The molecule has 2 rings (SSSR count). The molecule has 0 heterocycles. The van der Waals surface area contributed by atoms with Gasteiger partial charge < -0.3 is 15.0 Å². The van der Waals surface area contributed by atoms with Crippen LogP contribution in [0.3, 0.4) is 0 Å². The molecule has 0 aliphatic rings. The largest absolute Gasteiger partial charge is 0.481 e. The molecule has 2 aromatic carbocycles. The fourth-order valence-electron chi connectivity index (χ4n) is 2.55. The second kappa shape index (κ2) is 10.8. The summed E-state index contributed by atoms with van der Waals surface area (Å²) in [6, 6.07) is 12.7. The van der Waals surface area contributed by atoms with Gasteiger partial charge in [0.1, 0.15) is 6.04 Å². The molecule has 0 spiro atoms. The summed E-state index contributed by atoms with van der Waals surface area (Å²) in [4.78, 5) is 26.7. The molecule has 0 radical (unpaired) electrons. The number of amides is 2. The highest BCUT2D eigenvalue weighted by Gasteiger charge is 2.26. The molecule has 0 unspecified atom stereocenters. The van der Waals surface area contributed by atoms with Crippen molar-refractivity contribution in [2.45, 2.75) is 32.9 Å². The predicted octanol–water partition coefficient (Wildman–Crippen LogP) is 3.91. The third-order valence-electron chi connectivity index (χ3n) is 4.17. The lowest BCUT2D eigenvalue weighted by Crippen LogP contribution is -2.49. The first kappa shape index (κ1) is 21.9. The first-order chi connectivity index (χ1) is 13.4.